The molecule has 0 amide bonds. The van der Waals surface area contributed by atoms with E-state index in [2.05, 4.69) is 41.5 Å². The SMILES string of the molecule is CC(C)[Si](OC/C=C\CCl)(C(C)C)C(C)C. The Morgan fingerprint density at radius 2 is 1.38 bits per heavy atom. The molecule has 0 aliphatic heterocycles. The number of halogens is 1. The monoisotopic (exact) mass is 262 g/mol. The van der Waals surface area contributed by atoms with Gasteiger partial charge in [0, 0.05) is 5.88 Å². The number of rotatable bonds is 7. The summed E-state index contributed by atoms with van der Waals surface area (Å²) in [5.41, 5.74) is 1.95. The smallest absolute Gasteiger partial charge is 0.200 e. The van der Waals surface area contributed by atoms with Crippen molar-refractivity contribution >= 4 is 19.9 Å². The van der Waals surface area contributed by atoms with Gasteiger partial charge in [0.1, 0.15) is 0 Å². The molecule has 0 aromatic rings. The van der Waals surface area contributed by atoms with Crippen molar-refractivity contribution in [3.63, 3.8) is 0 Å². The van der Waals surface area contributed by atoms with Gasteiger partial charge in [0.2, 0.25) is 8.32 Å². The molecule has 16 heavy (non-hydrogen) atoms. The average Bonchev–Trinajstić information content (AvgIpc) is 2.16. The van der Waals surface area contributed by atoms with Gasteiger partial charge in [0.25, 0.3) is 0 Å². The molecule has 0 radical (unpaired) electrons. The van der Waals surface area contributed by atoms with Crippen molar-refractivity contribution < 1.29 is 4.43 Å². The summed E-state index contributed by atoms with van der Waals surface area (Å²) in [5, 5.41) is 0. The van der Waals surface area contributed by atoms with Crippen LogP contribution in [0.15, 0.2) is 12.2 Å². The van der Waals surface area contributed by atoms with Gasteiger partial charge in [-0.1, -0.05) is 53.7 Å². The lowest BCUT2D eigenvalue weighted by Crippen LogP contribution is -2.47. The van der Waals surface area contributed by atoms with Crippen molar-refractivity contribution in [1.82, 2.24) is 0 Å². The quantitative estimate of drug-likeness (QED) is 0.357. The Morgan fingerprint density at radius 1 is 0.938 bits per heavy atom. The van der Waals surface area contributed by atoms with Crippen LogP contribution in [0.4, 0.5) is 0 Å². The first-order chi connectivity index (χ1) is 7.39. The Morgan fingerprint density at radius 3 is 1.69 bits per heavy atom. The number of hydrogen-bond acceptors (Lipinski definition) is 1. The minimum Gasteiger partial charge on any atom is -0.412 e. The zero-order chi connectivity index (χ0) is 12.8. The van der Waals surface area contributed by atoms with Crippen LogP contribution in [0.5, 0.6) is 0 Å². The molecule has 0 unspecified atom stereocenters. The third kappa shape index (κ3) is 3.90. The van der Waals surface area contributed by atoms with Gasteiger partial charge in [-0.25, -0.2) is 0 Å². The molecular weight excluding hydrogens is 236 g/mol. The van der Waals surface area contributed by atoms with E-state index in [9.17, 15) is 0 Å². The minimum absolute atomic E-state index is 0.572. The van der Waals surface area contributed by atoms with Crippen molar-refractivity contribution in [3.8, 4) is 0 Å². The lowest BCUT2D eigenvalue weighted by molar-refractivity contribution is 0.316. The maximum atomic E-state index is 6.31. The summed E-state index contributed by atoms with van der Waals surface area (Å²) in [5.74, 6) is 0.572. The highest BCUT2D eigenvalue weighted by atomic mass is 35.5. The summed E-state index contributed by atoms with van der Waals surface area (Å²) in [6.45, 7) is 14.5. The molecule has 1 nitrogen and oxygen atoms in total. The molecule has 0 saturated heterocycles. The lowest BCUT2D eigenvalue weighted by atomic mass is 10.5. The van der Waals surface area contributed by atoms with Gasteiger partial charge in [0.15, 0.2) is 0 Å². The Kier molecular flexibility index (Phi) is 7.61. The van der Waals surface area contributed by atoms with Gasteiger partial charge in [0.05, 0.1) is 6.61 Å². The molecule has 0 aromatic heterocycles. The van der Waals surface area contributed by atoms with Crippen molar-refractivity contribution in [2.45, 2.75) is 58.2 Å². The second kappa shape index (κ2) is 7.52. The van der Waals surface area contributed by atoms with Crippen LogP contribution in [0, 0.1) is 0 Å². The summed E-state index contributed by atoms with van der Waals surface area (Å²) in [6, 6.07) is 0. The van der Waals surface area contributed by atoms with Crippen LogP contribution in [0.3, 0.4) is 0 Å². The van der Waals surface area contributed by atoms with E-state index in [0.29, 0.717) is 29.1 Å². The van der Waals surface area contributed by atoms with Gasteiger partial charge in [-0.15, -0.1) is 11.6 Å². The Hall–Kier alpha value is 0.207. The van der Waals surface area contributed by atoms with Crippen molar-refractivity contribution in [2.24, 2.45) is 0 Å². The summed E-state index contributed by atoms with van der Waals surface area (Å²) in [6.07, 6.45) is 4.00. The molecule has 0 aromatic carbocycles. The van der Waals surface area contributed by atoms with Gasteiger partial charge >= 0.3 is 0 Å². The second-order valence-electron chi connectivity index (χ2n) is 5.25. The van der Waals surface area contributed by atoms with E-state index < -0.39 is 8.32 Å². The Labute approximate surface area is 107 Å². The molecule has 0 N–H and O–H groups in total. The highest BCUT2D eigenvalue weighted by molar-refractivity contribution is 6.77. The number of hydrogen-bond donors (Lipinski definition) is 0. The first kappa shape index (κ1) is 16.2. The predicted octanol–water partition coefficient (Wildman–Crippen LogP) is 4.97. The largest absolute Gasteiger partial charge is 0.412 e. The van der Waals surface area contributed by atoms with Crippen molar-refractivity contribution in [1.29, 1.82) is 0 Å². The maximum absolute atomic E-state index is 6.31. The highest BCUT2D eigenvalue weighted by Gasteiger charge is 2.44. The lowest BCUT2D eigenvalue weighted by Gasteiger charge is -2.41. The first-order valence-corrected chi connectivity index (χ1v) is 8.91. The molecule has 0 atom stereocenters. The molecule has 0 bridgehead atoms. The molecule has 0 aliphatic rings. The van der Waals surface area contributed by atoms with Crippen LogP contribution in [-0.4, -0.2) is 20.8 Å². The van der Waals surface area contributed by atoms with Gasteiger partial charge < -0.3 is 4.43 Å². The number of alkyl halides is 1. The zero-order valence-electron chi connectivity index (χ0n) is 11.6. The van der Waals surface area contributed by atoms with Gasteiger partial charge in [-0.2, -0.15) is 0 Å². The summed E-state index contributed by atoms with van der Waals surface area (Å²) in [7, 11) is -1.67. The van der Waals surface area contributed by atoms with E-state index in [1.807, 2.05) is 12.2 Å². The summed E-state index contributed by atoms with van der Waals surface area (Å²) >= 11 is 5.61. The zero-order valence-corrected chi connectivity index (χ0v) is 13.3. The molecule has 0 spiro atoms. The van der Waals surface area contributed by atoms with Crippen LogP contribution < -0.4 is 0 Å². The van der Waals surface area contributed by atoms with Crippen LogP contribution in [0.25, 0.3) is 0 Å². The normalized spacial score (nSPS) is 13.6. The Balaban J connectivity index is 4.70. The Bertz CT molecular complexity index is 190. The standard InChI is InChI=1S/C13H27ClOSi/c1-11(2)16(12(3)4,13(5)6)15-10-8-7-9-14/h7-8,11-13H,9-10H2,1-6H3/b8-7-. The summed E-state index contributed by atoms with van der Waals surface area (Å²) in [4.78, 5) is 0. The fraction of sp³-hybridized carbons (Fsp3) is 0.846. The van der Waals surface area contributed by atoms with Crippen LogP contribution in [-0.2, 0) is 4.43 Å². The first-order valence-electron chi connectivity index (χ1n) is 6.24. The van der Waals surface area contributed by atoms with Gasteiger partial charge in [-0.05, 0) is 16.6 Å². The predicted molar refractivity (Wildman–Crippen MR) is 76.9 cm³/mol. The van der Waals surface area contributed by atoms with E-state index in [0.717, 1.165) is 0 Å². The van der Waals surface area contributed by atoms with E-state index in [1.54, 1.807) is 0 Å². The third-order valence-corrected chi connectivity index (χ3v) is 9.65. The molecule has 0 fully saturated rings. The van der Waals surface area contributed by atoms with Crippen LogP contribution >= 0.6 is 11.6 Å². The topological polar surface area (TPSA) is 9.23 Å². The van der Waals surface area contributed by atoms with E-state index in [4.69, 9.17) is 16.0 Å². The molecule has 0 aliphatic carbocycles. The molecule has 0 saturated carbocycles. The molecule has 96 valence electrons. The average molecular weight is 263 g/mol. The van der Waals surface area contributed by atoms with Crippen LogP contribution in [0.2, 0.25) is 16.6 Å². The highest BCUT2D eigenvalue weighted by Crippen LogP contribution is 2.42. The van der Waals surface area contributed by atoms with Crippen LogP contribution in [0.1, 0.15) is 41.5 Å². The minimum atomic E-state index is -1.67. The molecular formula is C13H27ClOSi. The fourth-order valence-electron chi connectivity index (χ4n) is 2.82. The fourth-order valence-corrected chi connectivity index (χ4v) is 8.33. The molecule has 0 rings (SSSR count). The second-order valence-corrected chi connectivity index (χ2v) is 11.0. The van der Waals surface area contributed by atoms with E-state index in [-0.39, 0.29) is 0 Å². The van der Waals surface area contributed by atoms with E-state index in [1.165, 1.54) is 0 Å². The molecule has 0 heterocycles. The van der Waals surface area contributed by atoms with Gasteiger partial charge in [-0.3, -0.25) is 0 Å². The number of allylic oxidation sites excluding steroid dienone is 1. The van der Waals surface area contributed by atoms with E-state index >= 15 is 0 Å². The van der Waals surface area contributed by atoms with Crippen molar-refractivity contribution in [2.75, 3.05) is 12.5 Å². The maximum Gasteiger partial charge on any atom is 0.200 e. The third-order valence-electron chi connectivity index (χ3n) is 3.39. The summed E-state index contributed by atoms with van der Waals surface area (Å²) < 4.78 is 6.31. The van der Waals surface area contributed by atoms with Crippen molar-refractivity contribution in [3.05, 3.63) is 12.2 Å². The molecule has 3 heteroatoms.